The number of likely N-dealkylation sites (tertiary alicyclic amines) is 1. The number of Topliss-reactive ketones (excluding diaryl/α,β-unsaturated/α-hetero) is 1. The van der Waals surface area contributed by atoms with Gasteiger partial charge in [-0.25, -0.2) is 4.98 Å². The van der Waals surface area contributed by atoms with Gasteiger partial charge in [-0.2, -0.15) is 0 Å². The van der Waals surface area contributed by atoms with E-state index in [2.05, 4.69) is 10.3 Å². The van der Waals surface area contributed by atoms with Crippen molar-refractivity contribution in [1.82, 2.24) is 9.88 Å². The first-order valence-corrected chi connectivity index (χ1v) is 9.17. The predicted octanol–water partition coefficient (Wildman–Crippen LogP) is 1.84. The van der Waals surface area contributed by atoms with E-state index in [1.807, 2.05) is 13.8 Å². The number of rotatable bonds is 8. The number of anilines is 1. The Bertz CT molecular complexity index is 643. The molecule has 2 heterocycles. The molecule has 0 radical (unpaired) electrons. The van der Waals surface area contributed by atoms with Crippen LogP contribution in [0.4, 0.5) is 5.82 Å². The van der Waals surface area contributed by atoms with Gasteiger partial charge in [0.2, 0.25) is 5.91 Å². The van der Waals surface area contributed by atoms with E-state index in [9.17, 15) is 14.4 Å². The molecule has 1 saturated heterocycles. The van der Waals surface area contributed by atoms with Crippen molar-refractivity contribution in [2.75, 3.05) is 25.0 Å². The zero-order valence-electron chi connectivity index (χ0n) is 15.5. The van der Waals surface area contributed by atoms with E-state index < -0.39 is 0 Å². The van der Waals surface area contributed by atoms with Crippen LogP contribution in [-0.2, 0) is 9.59 Å². The molecule has 0 unspecified atom stereocenters. The summed E-state index contributed by atoms with van der Waals surface area (Å²) in [6.45, 7) is 5.63. The van der Waals surface area contributed by atoms with Crippen molar-refractivity contribution < 1.29 is 14.4 Å². The van der Waals surface area contributed by atoms with E-state index in [1.165, 1.54) is 6.20 Å². The zero-order valence-corrected chi connectivity index (χ0v) is 15.5. The fraction of sp³-hybridized carbons (Fsp3) is 0.579. The largest absolute Gasteiger partial charge is 0.370 e. The summed E-state index contributed by atoms with van der Waals surface area (Å²) in [5, 5.41) is 2.98. The zero-order chi connectivity index (χ0) is 19.1. The maximum absolute atomic E-state index is 12.7. The average Bonchev–Trinajstić information content (AvgIpc) is 2.61. The fourth-order valence-corrected chi connectivity index (χ4v) is 3.11. The molecule has 1 aliphatic rings. The summed E-state index contributed by atoms with van der Waals surface area (Å²) in [6.07, 6.45) is 4.02. The van der Waals surface area contributed by atoms with Crippen LogP contribution in [0.1, 0.15) is 49.9 Å². The van der Waals surface area contributed by atoms with E-state index in [-0.39, 0.29) is 29.9 Å². The Labute approximate surface area is 154 Å². The normalized spacial score (nSPS) is 17.2. The van der Waals surface area contributed by atoms with Gasteiger partial charge in [0.15, 0.2) is 0 Å². The molecule has 0 aromatic carbocycles. The molecule has 1 aromatic heterocycles. The smallest absolute Gasteiger partial charge is 0.255 e. The number of ketones is 1. The number of nitrogens with two attached hydrogens (primary N) is 1. The summed E-state index contributed by atoms with van der Waals surface area (Å²) >= 11 is 0. The third kappa shape index (κ3) is 5.82. The molecule has 1 atom stereocenters. The van der Waals surface area contributed by atoms with E-state index in [4.69, 9.17) is 5.73 Å². The maximum atomic E-state index is 12.7. The van der Waals surface area contributed by atoms with Crippen LogP contribution >= 0.6 is 0 Å². The van der Waals surface area contributed by atoms with Gasteiger partial charge in [-0.15, -0.1) is 0 Å². The van der Waals surface area contributed by atoms with Gasteiger partial charge in [0.05, 0.1) is 5.56 Å². The van der Waals surface area contributed by atoms with Gasteiger partial charge in [0.25, 0.3) is 5.91 Å². The Balaban J connectivity index is 1.93. The first-order valence-electron chi connectivity index (χ1n) is 9.17. The number of carbonyl (C=O) groups is 3. The minimum atomic E-state index is -0.379. The number of primary amides is 1. The first-order chi connectivity index (χ1) is 12.4. The van der Waals surface area contributed by atoms with Gasteiger partial charge < -0.3 is 16.0 Å². The van der Waals surface area contributed by atoms with Crippen LogP contribution < -0.4 is 11.1 Å². The molecule has 0 aliphatic carbocycles. The molecule has 1 aliphatic heterocycles. The number of nitrogens with zero attached hydrogens (tertiary/aromatic N) is 2. The standard InChI is InChI=1S/C19H28N4O3/c1-13(2)10-16(24)15-4-3-9-23(12-15)19(26)14-5-6-18(22-11-14)21-8-7-17(20)25/h5-6,11,13,15H,3-4,7-10,12H2,1-2H3,(H2,20,25)(H,21,22)/t15-/m0/s1. The summed E-state index contributed by atoms with van der Waals surface area (Å²) < 4.78 is 0. The van der Waals surface area contributed by atoms with E-state index in [1.54, 1.807) is 17.0 Å². The van der Waals surface area contributed by atoms with Crippen molar-refractivity contribution in [3.63, 3.8) is 0 Å². The number of amides is 2. The van der Waals surface area contributed by atoms with Gasteiger partial charge in [0, 0.05) is 44.6 Å². The van der Waals surface area contributed by atoms with Gasteiger partial charge in [-0.1, -0.05) is 13.8 Å². The van der Waals surface area contributed by atoms with E-state index in [0.717, 1.165) is 12.8 Å². The molecule has 0 bridgehead atoms. The number of hydrogen-bond donors (Lipinski definition) is 2. The molecular weight excluding hydrogens is 332 g/mol. The fourth-order valence-electron chi connectivity index (χ4n) is 3.11. The molecule has 7 nitrogen and oxygen atoms in total. The predicted molar refractivity (Wildman–Crippen MR) is 99.6 cm³/mol. The monoisotopic (exact) mass is 360 g/mol. The average molecular weight is 360 g/mol. The highest BCUT2D eigenvalue weighted by molar-refractivity contribution is 5.94. The van der Waals surface area contributed by atoms with E-state index >= 15 is 0 Å². The highest BCUT2D eigenvalue weighted by atomic mass is 16.2. The Morgan fingerprint density at radius 1 is 1.35 bits per heavy atom. The molecule has 0 saturated carbocycles. The summed E-state index contributed by atoms with van der Waals surface area (Å²) in [7, 11) is 0. The topological polar surface area (TPSA) is 105 Å². The lowest BCUT2D eigenvalue weighted by Gasteiger charge is -2.32. The number of pyridine rings is 1. The summed E-state index contributed by atoms with van der Waals surface area (Å²) in [5.74, 6) is 0.653. The molecule has 2 rings (SSSR count). The molecule has 1 fully saturated rings. The molecule has 26 heavy (non-hydrogen) atoms. The molecular formula is C19H28N4O3. The van der Waals surface area contributed by atoms with Gasteiger partial charge >= 0.3 is 0 Å². The molecule has 2 amide bonds. The number of hydrogen-bond acceptors (Lipinski definition) is 5. The Hall–Kier alpha value is -2.44. The third-order valence-electron chi connectivity index (χ3n) is 4.46. The molecule has 0 spiro atoms. The highest BCUT2D eigenvalue weighted by Gasteiger charge is 2.29. The van der Waals surface area contributed by atoms with E-state index in [0.29, 0.717) is 43.4 Å². The van der Waals surface area contributed by atoms with Gasteiger partial charge in [-0.3, -0.25) is 14.4 Å². The first kappa shape index (κ1) is 19.9. The van der Waals surface area contributed by atoms with Crippen molar-refractivity contribution >= 4 is 23.4 Å². The Morgan fingerprint density at radius 3 is 2.73 bits per heavy atom. The second-order valence-electron chi connectivity index (χ2n) is 7.23. The molecule has 7 heteroatoms. The Kier molecular flexibility index (Phi) is 7.12. The summed E-state index contributed by atoms with van der Waals surface area (Å²) in [6, 6.07) is 3.42. The van der Waals surface area contributed by atoms with Crippen molar-refractivity contribution in [3.05, 3.63) is 23.9 Å². The van der Waals surface area contributed by atoms with Crippen LogP contribution in [0, 0.1) is 11.8 Å². The lowest BCUT2D eigenvalue weighted by atomic mass is 9.89. The second kappa shape index (κ2) is 9.31. The second-order valence-corrected chi connectivity index (χ2v) is 7.23. The highest BCUT2D eigenvalue weighted by Crippen LogP contribution is 2.22. The van der Waals surface area contributed by atoms with Gasteiger partial charge in [-0.05, 0) is 30.9 Å². The minimum Gasteiger partial charge on any atom is -0.370 e. The lowest BCUT2D eigenvalue weighted by Crippen LogP contribution is -2.42. The van der Waals surface area contributed by atoms with Crippen molar-refractivity contribution in [1.29, 1.82) is 0 Å². The van der Waals surface area contributed by atoms with Crippen LogP contribution in [-0.4, -0.2) is 47.1 Å². The lowest BCUT2D eigenvalue weighted by molar-refractivity contribution is -0.125. The number of nitrogens with one attached hydrogen (secondary N) is 1. The number of carbonyl (C=O) groups excluding carboxylic acids is 3. The number of aromatic nitrogens is 1. The summed E-state index contributed by atoms with van der Waals surface area (Å²) in [4.78, 5) is 41.7. The van der Waals surface area contributed by atoms with Crippen LogP contribution in [0.3, 0.4) is 0 Å². The van der Waals surface area contributed by atoms with Crippen LogP contribution in [0.25, 0.3) is 0 Å². The number of piperidine rings is 1. The van der Waals surface area contributed by atoms with Crippen LogP contribution in [0.15, 0.2) is 18.3 Å². The molecule has 1 aromatic rings. The van der Waals surface area contributed by atoms with Crippen LogP contribution in [0.5, 0.6) is 0 Å². The van der Waals surface area contributed by atoms with Crippen molar-refractivity contribution in [3.8, 4) is 0 Å². The van der Waals surface area contributed by atoms with Crippen molar-refractivity contribution in [2.24, 2.45) is 17.6 Å². The quantitative estimate of drug-likeness (QED) is 0.736. The maximum Gasteiger partial charge on any atom is 0.255 e. The SMILES string of the molecule is CC(C)CC(=O)[C@H]1CCCN(C(=O)c2ccc(NCCC(N)=O)nc2)C1. The van der Waals surface area contributed by atoms with Gasteiger partial charge in [0.1, 0.15) is 11.6 Å². The van der Waals surface area contributed by atoms with Crippen molar-refractivity contribution in [2.45, 2.75) is 39.5 Å². The minimum absolute atomic E-state index is 0.0576. The third-order valence-corrected chi connectivity index (χ3v) is 4.46. The van der Waals surface area contributed by atoms with Crippen LogP contribution in [0.2, 0.25) is 0 Å². The molecule has 3 N–H and O–H groups in total. The Morgan fingerprint density at radius 2 is 2.12 bits per heavy atom. The molecule has 142 valence electrons. The summed E-state index contributed by atoms with van der Waals surface area (Å²) in [5.41, 5.74) is 5.59.